The van der Waals surface area contributed by atoms with Crippen LogP contribution in [0.25, 0.3) is 11.1 Å². The number of fused-ring (bicyclic) bond motifs is 1. The van der Waals surface area contributed by atoms with E-state index in [1.807, 2.05) is 0 Å². The molecule has 1 atom stereocenters. The summed E-state index contributed by atoms with van der Waals surface area (Å²) in [5.74, 6) is 0. The Kier molecular flexibility index (Phi) is 3.29. The summed E-state index contributed by atoms with van der Waals surface area (Å²) in [6.45, 7) is 8.86. The van der Waals surface area contributed by atoms with Gasteiger partial charge in [-0.3, -0.25) is 0 Å². The second-order valence-corrected chi connectivity index (χ2v) is 6.23. The summed E-state index contributed by atoms with van der Waals surface area (Å²) in [5, 5.41) is 3.58. The van der Waals surface area contributed by atoms with Crippen LogP contribution in [0, 0.1) is 20.8 Å². The van der Waals surface area contributed by atoms with Gasteiger partial charge in [0, 0.05) is 11.7 Å². The van der Waals surface area contributed by atoms with E-state index in [2.05, 4.69) is 63.3 Å². The maximum Gasteiger partial charge on any atom is 0.0375 e. The quantitative estimate of drug-likeness (QED) is 0.763. The van der Waals surface area contributed by atoms with E-state index in [1.54, 1.807) is 0 Å². The molecule has 0 spiro atoms. The number of hydrogen-bond acceptors (Lipinski definition) is 1. The molecule has 1 aliphatic heterocycles. The number of anilines is 1. The standard InChI is InChI=1S/C19H23N/c1-12-9-13(2)19(14(3)10-12)17-7-8-18-16(11-17)6-5-15(4)20-18/h7-11,15,20H,5-6H2,1-4H3. The third-order valence-electron chi connectivity index (χ3n) is 4.32. The van der Waals surface area contributed by atoms with Crippen LogP contribution in [0.4, 0.5) is 5.69 Å². The first-order valence-electron chi connectivity index (χ1n) is 7.52. The topological polar surface area (TPSA) is 12.0 Å². The molecule has 2 aromatic carbocycles. The monoisotopic (exact) mass is 265 g/mol. The van der Waals surface area contributed by atoms with Gasteiger partial charge in [-0.1, -0.05) is 23.8 Å². The third kappa shape index (κ3) is 2.33. The normalized spacial score (nSPS) is 17.5. The first-order valence-corrected chi connectivity index (χ1v) is 7.52. The van der Waals surface area contributed by atoms with E-state index >= 15 is 0 Å². The van der Waals surface area contributed by atoms with Crippen molar-refractivity contribution in [3.63, 3.8) is 0 Å². The summed E-state index contributed by atoms with van der Waals surface area (Å²) in [5.41, 5.74) is 9.62. The number of nitrogens with one attached hydrogen (secondary N) is 1. The molecule has 1 N–H and O–H groups in total. The molecule has 0 fully saturated rings. The van der Waals surface area contributed by atoms with Gasteiger partial charge in [0.15, 0.2) is 0 Å². The molecule has 0 radical (unpaired) electrons. The van der Waals surface area contributed by atoms with Crippen LogP contribution >= 0.6 is 0 Å². The van der Waals surface area contributed by atoms with Gasteiger partial charge >= 0.3 is 0 Å². The van der Waals surface area contributed by atoms with E-state index in [1.165, 1.54) is 51.9 Å². The average Bonchev–Trinajstić information content (AvgIpc) is 2.37. The van der Waals surface area contributed by atoms with Crippen LogP contribution in [0.2, 0.25) is 0 Å². The van der Waals surface area contributed by atoms with Gasteiger partial charge in [0.1, 0.15) is 0 Å². The highest BCUT2D eigenvalue weighted by Gasteiger charge is 2.15. The van der Waals surface area contributed by atoms with Gasteiger partial charge < -0.3 is 5.32 Å². The highest BCUT2D eigenvalue weighted by atomic mass is 14.9. The van der Waals surface area contributed by atoms with Crippen molar-refractivity contribution in [2.24, 2.45) is 0 Å². The first kappa shape index (κ1) is 13.2. The molecule has 1 unspecified atom stereocenters. The lowest BCUT2D eigenvalue weighted by Crippen LogP contribution is -2.21. The fourth-order valence-electron chi connectivity index (χ4n) is 3.44. The first-order chi connectivity index (χ1) is 9.54. The Balaban J connectivity index is 2.08. The molecule has 0 amide bonds. The van der Waals surface area contributed by atoms with Crippen LogP contribution in [0.3, 0.4) is 0 Å². The molecule has 0 saturated heterocycles. The summed E-state index contributed by atoms with van der Waals surface area (Å²) in [4.78, 5) is 0. The molecule has 104 valence electrons. The summed E-state index contributed by atoms with van der Waals surface area (Å²) in [6, 6.07) is 12.0. The van der Waals surface area contributed by atoms with Gasteiger partial charge in [-0.25, -0.2) is 0 Å². The van der Waals surface area contributed by atoms with E-state index in [0.29, 0.717) is 6.04 Å². The summed E-state index contributed by atoms with van der Waals surface area (Å²) >= 11 is 0. The number of hydrogen-bond donors (Lipinski definition) is 1. The Morgan fingerprint density at radius 2 is 1.70 bits per heavy atom. The molecular weight excluding hydrogens is 242 g/mol. The van der Waals surface area contributed by atoms with E-state index in [9.17, 15) is 0 Å². The largest absolute Gasteiger partial charge is 0.382 e. The van der Waals surface area contributed by atoms with Gasteiger partial charge in [0.25, 0.3) is 0 Å². The Labute approximate surface area is 122 Å². The zero-order chi connectivity index (χ0) is 14.3. The molecule has 0 aliphatic carbocycles. The van der Waals surface area contributed by atoms with Crippen molar-refractivity contribution in [3.05, 3.63) is 52.6 Å². The van der Waals surface area contributed by atoms with E-state index in [4.69, 9.17) is 0 Å². The summed E-state index contributed by atoms with van der Waals surface area (Å²) in [6.07, 6.45) is 2.41. The van der Waals surface area contributed by atoms with Crippen molar-refractivity contribution in [2.75, 3.05) is 5.32 Å². The molecule has 3 rings (SSSR count). The second kappa shape index (κ2) is 4.97. The van der Waals surface area contributed by atoms with Crippen LogP contribution < -0.4 is 5.32 Å². The van der Waals surface area contributed by atoms with Crippen LogP contribution in [0.5, 0.6) is 0 Å². The molecule has 1 heteroatoms. The Morgan fingerprint density at radius 3 is 2.40 bits per heavy atom. The highest BCUT2D eigenvalue weighted by molar-refractivity contribution is 5.74. The highest BCUT2D eigenvalue weighted by Crippen LogP contribution is 2.33. The number of benzene rings is 2. The molecule has 20 heavy (non-hydrogen) atoms. The van der Waals surface area contributed by atoms with Crippen LogP contribution in [0.1, 0.15) is 35.6 Å². The summed E-state index contributed by atoms with van der Waals surface area (Å²) < 4.78 is 0. The second-order valence-electron chi connectivity index (χ2n) is 6.23. The van der Waals surface area contributed by atoms with Crippen molar-refractivity contribution in [2.45, 2.75) is 46.6 Å². The van der Waals surface area contributed by atoms with Crippen LogP contribution in [0.15, 0.2) is 30.3 Å². The minimum absolute atomic E-state index is 0.594. The molecule has 0 aromatic heterocycles. The van der Waals surface area contributed by atoms with Gasteiger partial charge in [-0.2, -0.15) is 0 Å². The lowest BCUT2D eigenvalue weighted by molar-refractivity contribution is 0.681. The van der Waals surface area contributed by atoms with E-state index in [0.717, 1.165) is 0 Å². The zero-order valence-electron chi connectivity index (χ0n) is 12.9. The molecule has 1 heterocycles. The minimum atomic E-state index is 0.594. The molecule has 1 aliphatic rings. The van der Waals surface area contributed by atoms with Gasteiger partial charge in [0.2, 0.25) is 0 Å². The molecule has 0 saturated carbocycles. The molecule has 0 bridgehead atoms. The van der Waals surface area contributed by atoms with Crippen molar-refractivity contribution in [1.29, 1.82) is 0 Å². The lowest BCUT2D eigenvalue weighted by atomic mass is 9.90. The smallest absolute Gasteiger partial charge is 0.0375 e. The SMILES string of the molecule is Cc1cc(C)c(-c2ccc3c(c2)CCC(C)N3)c(C)c1. The lowest BCUT2D eigenvalue weighted by Gasteiger charge is -2.25. The minimum Gasteiger partial charge on any atom is -0.382 e. The zero-order valence-corrected chi connectivity index (χ0v) is 12.9. The van der Waals surface area contributed by atoms with Crippen LogP contribution in [-0.4, -0.2) is 6.04 Å². The Hall–Kier alpha value is -1.76. The predicted octanol–water partition coefficient (Wildman–Crippen LogP) is 5.03. The Bertz CT molecular complexity index is 632. The molecular formula is C19H23N. The van der Waals surface area contributed by atoms with Gasteiger partial charge in [-0.05, 0) is 80.5 Å². The van der Waals surface area contributed by atoms with Gasteiger partial charge in [0.05, 0.1) is 0 Å². The fraction of sp³-hybridized carbons (Fsp3) is 0.368. The van der Waals surface area contributed by atoms with Crippen molar-refractivity contribution in [3.8, 4) is 11.1 Å². The van der Waals surface area contributed by atoms with Crippen molar-refractivity contribution in [1.82, 2.24) is 0 Å². The van der Waals surface area contributed by atoms with Gasteiger partial charge in [-0.15, -0.1) is 0 Å². The third-order valence-corrected chi connectivity index (χ3v) is 4.32. The molecule has 1 nitrogen and oxygen atoms in total. The summed E-state index contributed by atoms with van der Waals surface area (Å²) in [7, 11) is 0. The maximum absolute atomic E-state index is 3.58. The predicted molar refractivity (Wildman–Crippen MR) is 87.5 cm³/mol. The fourth-order valence-corrected chi connectivity index (χ4v) is 3.44. The van der Waals surface area contributed by atoms with Crippen molar-refractivity contribution < 1.29 is 0 Å². The van der Waals surface area contributed by atoms with E-state index < -0.39 is 0 Å². The van der Waals surface area contributed by atoms with Crippen molar-refractivity contribution >= 4 is 5.69 Å². The van der Waals surface area contributed by atoms with Crippen LogP contribution in [-0.2, 0) is 6.42 Å². The maximum atomic E-state index is 3.58. The number of aryl methyl sites for hydroxylation is 4. The average molecular weight is 265 g/mol. The molecule has 2 aromatic rings. The Morgan fingerprint density at radius 1 is 1.00 bits per heavy atom. The van der Waals surface area contributed by atoms with E-state index in [-0.39, 0.29) is 0 Å². The number of rotatable bonds is 1.